The van der Waals surface area contributed by atoms with Gasteiger partial charge in [-0.3, -0.25) is 4.79 Å². The summed E-state index contributed by atoms with van der Waals surface area (Å²) in [6.07, 6.45) is 0.696. The molecule has 2 heterocycles. The van der Waals surface area contributed by atoms with E-state index in [0.29, 0.717) is 41.4 Å². The summed E-state index contributed by atoms with van der Waals surface area (Å²) in [6.45, 7) is 2.41. The standard InChI is InChI=1S/C22H20N4O3S/c1-2-16-12-19(27)24-22(23-16)30-14-20-25-21(26-29-20)17-10-6-7-11-18(17)28-13-15-8-4-3-5-9-15/h3-12H,2,13-14H2,1H3,(H,23,24,27). The first-order valence-electron chi connectivity index (χ1n) is 9.53. The van der Waals surface area contributed by atoms with Gasteiger partial charge in [-0.25, -0.2) is 4.98 Å². The minimum atomic E-state index is -0.167. The quantitative estimate of drug-likeness (QED) is 0.336. The van der Waals surface area contributed by atoms with Crippen LogP contribution in [0.2, 0.25) is 0 Å². The second-order valence-electron chi connectivity index (χ2n) is 6.47. The lowest BCUT2D eigenvalue weighted by molar-refractivity contribution is 0.307. The Kier molecular flexibility index (Phi) is 6.24. The highest BCUT2D eigenvalue weighted by atomic mass is 32.2. The number of benzene rings is 2. The number of hydrogen-bond donors (Lipinski definition) is 1. The number of H-pyrrole nitrogens is 1. The lowest BCUT2D eigenvalue weighted by Crippen LogP contribution is -2.09. The summed E-state index contributed by atoms with van der Waals surface area (Å²) in [4.78, 5) is 23.3. The van der Waals surface area contributed by atoms with Gasteiger partial charge in [0, 0.05) is 11.8 Å². The first-order chi connectivity index (χ1) is 14.7. The van der Waals surface area contributed by atoms with Crippen molar-refractivity contribution in [1.29, 1.82) is 0 Å². The van der Waals surface area contributed by atoms with Gasteiger partial charge in [0.2, 0.25) is 11.7 Å². The summed E-state index contributed by atoms with van der Waals surface area (Å²) < 4.78 is 11.4. The van der Waals surface area contributed by atoms with Gasteiger partial charge < -0.3 is 14.2 Å². The zero-order valence-corrected chi connectivity index (χ0v) is 17.2. The molecule has 0 aliphatic rings. The van der Waals surface area contributed by atoms with Crippen LogP contribution < -0.4 is 10.3 Å². The number of aryl methyl sites for hydroxylation is 1. The molecule has 0 aliphatic carbocycles. The number of nitrogens with zero attached hydrogens (tertiary/aromatic N) is 3. The van der Waals surface area contributed by atoms with Gasteiger partial charge in [-0.05, 0) is 24.1 Å². The molecule has 0 radical (unpaired) electrons. The van der Waals surface area contributed by atoms with Crippen molar-refractivity contribution in [3.63, 3.8) is 0 Å². The van der Waals surface area contributed by atoms with Crippen LogP contribution in [0.25, 0.3) is 11.4 Å². The minimum Gasteiger partial charge on any atom is -0.488 e. The van der Waals surface area contributed by atoms with Gasteiger partial charge >= 0.3 is 0 Å². The predicted octanol–water partition coefficient (Wildman–Crippen LogP) is 4.25. The van der Waals surface area contributed by atoms with Gasteiger partial charge in [0.1, 0.15) is 12.4 Å². The fourth-order valence-corrected chi connectivity index (χ4v) is 3.53. The van der Waals surface area contributed by atoms with Crippen LogP contribution in [0.1, 0.15) is 24.1 Å². The van der Waals surface area contributed by atoms with E-state index < -0.39 is 0 Å². The smallest absolute Gasteiger partial charge is 0.251 e. The molecule has 0 fully saturated rings. The second-order valence-corrected chi connectivity index (χ2v) is 7.43. The number of nitrogens with one attached hydrogen (secondary N) is 1. The van der Waals surface area contributed by atoms with Crippen molar-refractivity contribution in [1.82, 2.24) is 20.1 Å². The summed E-state index contributed by atoms with van der Waals surface area (Å²) >= 11 is 1.34. The van der Waals surface area contributed by atoms with Crippen molar-refractivity contribution in [2.45, 2.75) is 30.9 Å². The van der Waals surface area contributed by atoms with Crippen molar-refractivity contribution in [2.24, 2.45) is 0 Å². The summed E-state index contributed by atoms with van der Waals surface area (Å²) in [5.74, 6) is 1.98. The molecule has 152 valence electrons. The van der Waals surface area contributed by atoms with Crippen LogP contribution in [0.4, 0.5) is 0 Å². The van der Waals surface area contributed by atoms with Gasteiger partial charge in [-0.15, -0.1) is 0 Å². The van der Waals surface area contributed by atoms with Crippen LogP contribution in [0, 0.1) is 0 Å². The van der Waals surface area contributed by atoms with Crippen molar-refractivity contribution >= 4 is 11.8 Å². The molecule has 4 aromatic rings. The van der Waals surface area contributed by atoms with E-state index in [9.17, 15) is 4.79 Å². The maximum absolute atomic E-state index is 11.7. The highest BCUT2D eigenvalue weighted by Gasteiger charge is 2.14. The third-order valence-electron chi connectivity index (χ3n) is 4.30. The molecule has 0 unspecified atom stereocenters. The zero-order chi connectivity index (χ0) is 20.8. The van der Waals surface area contributed by atoms with E-state index in [0.717, 1.165) is 16.8 Å². The Bertz CT molecular complexity index is 1170. The molecular formula is C22H20N4O3S. The number of para-hydroxylation sites is 1. The fraction of sp³-hybridized carbons (Fsp3) is 0.182. The summed E-state index contributed by atoms with van der Waals surface area (Å²) in [6, 6.07) is 19.0. The van der Waals surface area contributed by atoms with Gasteiger partial charge in [0.25, 0.3) is 5.56 Å². The Hall–Kier alpha value is -3.39. The molecule has 0 saturated carbocycles. The van der Waals surface area contributed by atoms with E-state index in [1.807, 2.05) is 61.5 Å². The number of aromatic amines is 1. The SMILES string of the molecule is CCc1cc(=O)[nH]c(SCc2nc(-c3ccccc3OCc3ccccc3)no2)n1. The molecule has 0 bridgehead atoms. The number of hydrogen-bond acceptors (Lipinski definition) is 7. The van der Waals surface area contributed by atoms with Crippen LogP contribution in [0.3, 0.4) is 0 Å². The Morgan fingerprint density at radius 3 is 2.70 bits per heavy atom. The summed E-state index contributed by atoms with van der Waals surface area (Å²) in [5, 5.41) is 4.63. The van der Waals surface area contributed by atoms with E-state index in [1.165, 1.54) is 17.8 Å². The molecule has 0 spiro atoms. The van der Waals surface area contributed by atoms with E-state index >= 15 is 0 Å². The molecule has 30 heavy (non-hydrogen) atoms. The molecule has 0 saturated heterocycles. The topological polar surface area (TPSA) is 93.9 Å². The molecule has 1 N–H and O–H groups in total. The Morgan fingerprint density at radius 1 is 1.07 bits per heavy atom. The number of rotatable bonds is 8. The molecule has 0 aliphatic heterocycles. The van der Waals surface area contributed by atoms with E-state index in [-0.39, 0.29) is 5.56 Å². The fourth-order valence-electron chi connectivity index (χ4n) is 2.80. The van der Waals surface area contributed by atoms with Crippen LogP contribution in [0.5, 0.6) is 5.75 Å². The van der Waals surface area contributed by atoms with E-state index in [2.05, 4.69) is 20.1 Å². The predicted molar refractivity (Wildman–Crippen MR) is 114 cm³/mol. The van der Waals surface area contributed by atoms with Crippen molar-refractivity contribution in [2.75, 3.05) is 0 Å². The molecule has 7 nitrogen and oxygen atoms in total. The Morgan fingerprint density at radius 2 is 1.87 bits per heavy atom. The summed E-state index contributed by atoms with van der Waals surface area (Å²) in [7, 11) is 0. The third-order valence-corrected chi connectivity index (χ3v) is 5.16. The normalized spacial score (nSPS) is 10.8. The average Bonchev–Trinajstić information content (AvgIpc) is 3.26. The molecule has 2 aromatic carbocycles. The highest BCUT2D eigenvalue weighted by Crippen LogP contribution is 2.29. The zero-order valence-electron chi connectivity index (χ0n) is 16.4. The van der Waals surface area contributed by atoms with Crippen LogP contribution in [-0.2, 0) is 18.8 Å². The monoisotopic (exact) mass is 420 g/mol. The third kappa shape index (κ3) is 4.96. The van der Waals surface area contributed by atoms with Crippen LogP contribution >= 0.6 is 11.8 Å². The minimum absolute atomic E-state index is 0.167. The Balaban J connectivity index is 1.46. The van der Waals surface area contributed by atoms with Gasteiger partial charge in [0.15, 0.2) is 5.16 Å². The first-order valence-corrected chi connectivity index (χ1v) is 10.5. The number of ether oxygens (including phenoxy) is 1. The van der Waals surface area contributed by atoms with Crippen molar-refractivity contribution in [3.8, 4) is 17.1 Å². The maximum Gasteiger partial charge on any atom is 0.251 e. The molecule has 0 atom stereocenters. The Labute approximate surface area is 177 Å². The number of thioether (sulfide) groups is 1. The van der Waals surface area contributed by atoms with Crippen molar-refractivity contribution in [3.05, 3.63) is 88.2 Å². The lowest BCUT2D eigenvalue weighted by atomic mass is 10.2. The lowest BCUT2D eigenvalue weighted by Gasteiger charge is -2.09. The molecule has 8 heteroatoms. The largest absolute Gasteiger partial charge is 0.488 e. The number of aromatic nitrogens is 4. The summed E-state index contributed by atoms with van der Waals surface area (Å²) in [5.41, 5.74) is 2.42. The average molecular weight is 420 g/mol. The maximum atomic E-state index is 11.7. The molecular weight excluding hydrogens is 400 g/mol. The molecule has 0 amide bonds. The highest BCUT2D eigenvalue weighted by molar-refractivity contribution is 7.98. The van der Waals surface area contributed by atoms with Gasteiger partial charge in [-0.1, -0.05) is 66.3 Å². The second kappa shape index (κ2) is 9.41. The van der Waals surface area contributed by atoms with Crippen LogP contribution in [-0.4, -0.2) is 20.1 Å². The molecule has 2 aromatic heterocycles. The van der Waals surface area contributed by atoms with Crippen LogP contribution in [0.15, 0.2) is 75.1 Å². The first kappa shape index (κ1) is 19.9. The van der Waals surface area contributed by atoms with Gasteiger partial charge in [0.05, 0.1) is 11.3 Å². The van der Waals surface area contributed by atoms with E-state index in [1.54, 1.807) is 0 Å². The van der Waals surface area contributed by atoms with E-state index in [4.69, 9.17) is 9.26 Å². The van der Waals surface area contributed by atoms with Crippen molar-refractivity contribution < 1.29 is 9.26 Å². The molecule has 4 rings (SSSR count). The van der Waals surface area contributed by atoms with Gasteiger partial charge in [-0.2, -0.15) is 4.98 Å².